The van der Waals surface area contributed by atoms with E-state index in [2.05, 4.69) is 86.7 Å². The Morgan fingerprint density at radius 1 is 0.778 bits per heavy atom. The molecule has 1 heteroatoms. The summed E-state index contributed by atoms with van der Waals surface area (Å²) in [7, 11) is 0. The summed E-state index contributed by atoms with van der Waals surface area (Å²) in [6, 6.07) is 24.3. The monoisotopic (exact) mass is 368 g/mol. The molecule has 3 aromatic rings. The zero-order chi connectivity index (χ0) is 18.6. The standard InChI is InChI=1S/C26H21Cl/c1-17-3-7-20(8-4-17)26(21-9-5-18(2)6-10-21)14-13-24-23-12-11-22(27)15-19(23)16-25(24)26/h3-13,15-16H,14H2,1-2H3. The van der Waals surface area contributed by atoms with Crippen LogP contribution in [0.2, 0.25) is 5.02 Å². The molecule has 0 aromatic heterocycles. The number of aryl methyl sites for hydroxylation is 2. The first-order chi connectivity index (χ1) is 13.1. The number of halogens is 1. The van der Waals surface area contributed by atoms with Crippen LogP contribution in [0.1, 0.15) is 39.8 Å². The van der Waals surface area contributed by atoms with E-state index in [1.165, 1.54) is 44.5 Å². The minimum absolute atomic E-state index is 0.137. The predicted molar refractivity (Wildman–Crippen MR) is 115 cm³/mol. The highest BCUT2D eigenvalue weighted by atomic mass is 35.5. The Hall–Kier alpha value is -2.57. The van der Waals surface area contributed by atoms with E-state index in [-0.39, 0.29) is 5.41 Å². The summed E-state index contributed by atoms with van der Waals surface area (Å²) in [5.74, 6) is 0. The van der Waals surface area contributed by atoms with Crippen molar-refractivity contribution in [3.8, 4) is 0 Å². The van der Waals surface area contributed by atoms with Crippen molar-refractivity contribution >= 4 is 23.3 Å². The van der Waals surface area contributed by atoms with Gasteiger partial charge in [-0.3, -0.25) is 0 Å². The van der Waals surface area contributed by atoms with Gasteiger partial charge in [0.1, 0.15) is 0 Å². The van der Waals surface area contributed by atoms with Crippen molar-refractivity contribution in [2.75, 3.05) is 0 Å². The van der Waals surface area contributed by atoms with E-state index in [1.54, 1.807) is 0 Å². The molecule has 0 heterocycles. The van der Waals surface area contributed by atoms with Gasteiger partial charge in [0.05, 0.1) is 0 Å². The molecule has 0 fully saturated rings. The lowest BCUT2D eigenvalue weighted by molar-refractivity contribution is 0.655. The third-order valence-corrected chi connectivity index (χ3v) is 6.29. The molecule has 0 atom stereocenters. The van der Waals surface area contributed by atoms with Gasteiger partial charge in [-0.15, -0.1) is 0 Å². The van der Waals surface area contributed by atoms with Crippen LogP contribution < -0.4 is 0 Å². The van der Waals surface area contributed by atoms with Gasteiger partial charge in [0, 0.05) is 10.4 Å². The normalized spacial score (nSPS) is 16.6. The van der Waals surface area contributed by atoms with E-state index in [1.807, 2.05) is 6.07 Å². The van der Waals surface area contributed by atoms with Crippen LogP contribution in [0.15, 0.2) is 78.4 Å². The number of rotatable bonds is 2. The average Bonchev–Trinajstić information content (AvgIpc) is 3.20. The van der Waals surface area contributed by atoms with Gasteiger partial charge in [-0.2, -0.15) is 0 Å². The molecular formula is C26H21Cl. The molecule has 0 spiro atoms. The maximum absolute atomic E-state index is 6.27. The topological polar surface area (TPSA) is 0 Å². The third kappa shape index (κ3) is 2.44. The van der Waals surface area contributed by atoms with Crippen LogP contribution in [-0.2, 0) is 5.41 Å². The highest BCUT2D eigenvalue weighted by Crippen LogP contribution is 2.56. The smallest absolute Gasteiger partial charge is 0.0492 e. The van der Waals surface area contributed by atoms with Gasteiger partial charge in [-0.05, 0) is 71.9 Å². The van der Waals surface area contributed by atoms with Crippen molar-refractivity contribution < 1.29 is 0 Å². The molecule has 0 saturated carbocycles. The van der Waals surface area contributed by atoms with Crippen molar-refractivity contribution in [2.24, 2.45) is 0 Å². The maximum atomic E-state index is 6.27. The molecule has 27 heavy (non-hydrogen) atoms. The van der Waals surface area contributed by atoms with Gasteiger partial charge < -0.3 is 0 Å². The Morgan fingerprint density at radius 2 is 1.37 bits per heavy atom. The van der Waals surface area contributed by atoms with Gasteiger partial charge in [0.15, 0.2) is 0 Å². The summed E-state index contributed by atoms with van der Waals surface area (Å²) >= 11 is 6.27. The number of benzene rings is 3. The largest absolute Gasteiger partial charge is 0.0843 e. The van der Waals surface area contributed by atoms with E-state index >= 15 is 0 Å². The van der Waals surface area contributed by atoms with E-state index < -0.39 is 0 Å². The molecule has 132 valence electrons. The minimum Gasteiger partial charge on any atom is -0.0843 e. The Kier molecular flexibility index (Phi) is 3.67. The average molecular weight is 369 g/mol. The van der Waals surface area contributed by atoms with Gasteiger partial charge >= 0.3 is 0 Å². The third-order valence-electron chi connectivity index (χ3n) is 6.05. The fourth-order valence-electron chi connectivity index (χ4n) is 4.60. The number of allylic oxidation sites excluding steroid dienone is 3. The van der Waals surface area contributed by atoms with Gasteiger partial charge in [0.2, 0.25) is 0 Å². The summed E-state index contributed by atoms with van der Waals surface area (Å²) in [6.07, 6.45) is 5.74. The summed E-state index contributed by atoms with van der Waals surface area (Å²) in [5.41, 5.74) is 10.4. The van der Waals surface area contributed by atoms with Crippen LogP contribution in [0.25, 0.3) is 11.6 Å². The van der Waals surface area contributed by atoms with E-state index in [0.29, 0.717) is 0 Å². The van der Waals surface area contributed by atoms with Crippen LogP contribution in [0.5, 0.6) is 0 Å². The molecule has 0 N–H and O–H groups in total. The zero-order valence-corrected chi connectivity index (χ0v) is 16.3. The highest BCUT2D eigenvalue weighted by Gasteiger charge is 2.45. The molecule has 0 radical (unpaired) electrons. The SMILES string of the molecule is Cc1ccc(C2(c3ccc(C)cc3)CC=C3C2=Cc2cc(Cl)ccc23)cc1. The summed E-state index contributed by atoms with van der Waals surface area (Å²) in [6.45, 7) is 4.29. The van der Waals surface area contributed by atoms with Crippen LogP contribution in [0.4, 0.5) is 0 Å². The first-order valence-corrected chi connectivity index (χ1v) is 9.83. The van der Waals surface area contributed by atoms with Gasteiger partial charge in [-0.25, -0.2) is 0 Å². The Labute approximate surface area is 165 Å². The predicted octanol–water partition coefficient (Wildman–Crippen LogP) is 7.13. The fourth-order valence-corrected chi connectivity index (χ4v) is 4.78. The molecule has 3 aromatic carbocycles. The zero-order valence-electron chi connectivity index (χ0n) is 15.6. The first kappa shape index (κ1) is 16.6. The molecule has 0 nitrogen and oxygen atoms in total. The molecule has 0 bridgehead atoms. The Balaban J connectivity index is 1.75. The first-order valence-electron chi connectivity index (χ1n) is 9.45. The van der Waals surface area contributed by atoms with E-state index in [0.717, 1.165) is 11.4 Å². The van der Waals surface area contributed by atoms with Crippen molar-refractivity contribution in [1.82, 2.24) is 0 Å². The van der Waals surface area contributed by atoms with Crippen LogP contribution >= 0.6 is 11.6 Å². The second kappa shape index (κ2) is 5.97. The maximum Gasteiger partial charge on any atom is 0.0492 e. The lowest BCUT2D eigenvalue weighted by atomic mass is 9.69. The molecule has 0 aliphatic heterocycles. The molecule has 2 aliphatic rings. The summed E-state index contributed by atoms with van der Waals surface area (Å²) in [5, 5.41) is 0.794. The number of hydrogen-bond donors (Lipinski definition) is 0. The van der Waals surface area contributed by atoms with Crippen molar-refractivity contribution in [2.45, 2.75) is 25.7 Å². The van der Waals surface area contributed by atoms with E-state index in [4.69, 9.17) is 11.6 Å². The fraction of sp³-hybridized carbons (Fsp3) is 0.154. The molecule has 0 amide bonds. The quantitative estimate of drug-likeness (QED) is 0.451. The molecule has 0 unspecified atom stereocenters. The summed E-state index contributed by atoms with van der Waals surface area (Å²) in [4.78, 5) is 0. The minimum atomic E-state index is -0.137. The molecule has 0 saturated heterocycles. The second-order valence-electron chi connectivity index (χ2n) is 7.75. The lowest BCUT2D eigenvalue weighted by Gasteiger charge is -2.33. The van der Waals surface area contributed by atoms with Crippen LogP contribution in [-0.4, -0.2) is 0 Å². The Bertz CT molecular complexity index is 1050. The van der Waals surface area contributed by atoms with Gasteiger partial charge in [-0.1, -0.05) is 83.4 Å². The van der Waals surface area contributed by atoms with E-state index in [9.17, 15) is 0 Å². The summed E-state index contributed by atoms with van der Waals surface area (Å²) < 4.78 is 0. The van der Waals surface area contributed by atoms with Gasteiger partial charge in [0.25, 0.3) is 0 Å². The highest BCUT2D eigenvalue weighted by molar-refractivity contribution is 6.31. The molecular weight excluding hydrogens is 348 g/mol. The lowest BCUT2D eigenvalue weighted by Crippen LogP contribution is -2.26. The second-order valence-corrected chi connectivity index (χ2v) is 8.19. The van der Waals surface area contributed by atoms with Crippen LogP contribution in [0.3, 0.4) is 0 Å². The van der Waals surface area contributed by atoms with Crippen molar-refractivity contribution in [3.63, 3.8) is 0 Å². The van der Waals surface area contributed by atoms with Crippen molar-refractivity contribution in [1.29, 1.82) is 0 Å². The molecule has 5 rings (SSSR count). The Morgan fingerprint density at radius 3 is 1.96 bits per heavy atom. The number of hydrogen-bond acceptors (Lipinski definition) is 0. The van der Waals surface area contributed by atoms with Crippen molar-refractivity contribution in [3.05, 3.63) is 117 Å². The van der Waals surface area contributed by atoms with Crippen LogP contribution in [0, 0.1) is 13.8 Å². The molecule has 2 aliphatic carbocycles. The number of fused-ring (bicyclic) bond motifs is 3.